The van der Waals surface area contributed by atoms with Gasteiger partial charge in [0.05, 0.1) is 6.20 Å². The highest BCUT2D eigenvalue weighted by molar-refractivity contribution is 6.30. The minimum atomic E-state index is 0.0331. The van der Waals surface area contributed by atoms with Crippen LogP contribution in [0.5, 0.6) is 5.75 Å². The summed E-state index contributed by atoms with van der Waals surface area (Å²) in [6.07, 6.45) is 7.69. The van der Waals surface area contributed by atoms with E-state index >= 15 is 0 Å². The second-order valence-electron chi connectivity index (χ2n) is 6.82. The minimum absolute atomic E-state index is 0.0331. The van der Waals surface area contributed by atoms with Crippen molar-refractivity contribution in [3.8, 4) is 5.75 Å². The second-order valence-corrected chi connectivity index (χ2v) is 7.26. The predicted octanol–water partition coefficient (Wildman–Crippen LogP) is 3.27. The first kappa shape index (κ1) is 15.9. The summed E-state index contributed by atoms with van der Waals surface area (Å²) < 4.78 is 7.97. The number of hydrogen-bond acceptors (Lipinski definition) is 4. The standard InChI is InChI=1S/C18H22ClN3O2/c19-15-5-13(6-16(23)7-15)8-20-17-3-4-24-18(17)14-9-21-22(11-14)10-12-1-2-12/h5-7,9,11-12,17-18,20,23H,1-4,8,10H2/t17-,18+/m1/s1. The molecule has 2 aromatic rings. The fraction of sp³-hybridized carbons (Fsp3) is 0.500. The van der Waals surface area contributed by atoms with E-state index in [1.54, 1.807) is 12.1 Å². The van der Waals surface area contributed by atoms with Crippen molar-refractivity contribution < 1.29 is 9.84 Å². The fourth-order valence-corrected chi connectivity index (χ4v) is 3.55. The van der Waals surface area contributed by atoms with Gasteiger partial charge in [0.2, 0.25) is 0 Å². The molecule has 1 aliphatic heterocycles. The summed E-state index contributed by atoms with van der Waals surface area (Å²) >= 11 is 6.00. The van der Waals surface area contributed by atoms with E-state index in [2.05, 4.69) is 16.6 Å². The fourth-order valence-electron chi connectivity index (χ4n) is 3.30. The normalized spacial score (nSPS) is 23.7. The quantitative estimate of drug-likeness (QED) is 0.842. The van der Waals surface area contributed by atoms with E-state index in [4.69, 9.17) is 16.3 Å². The van der Waals surface area contributed by atoms with Crippen molar-refractivity contribution in [2.24, 2.45) is 5.92 Å². The average molecular weight is 348 g/mol. The lowest BCUT2D eigenvalue weighted by Crippen LogP contribution is -2.31. The molecule has 0 radical (unpaired) electrons. The summed E-state index contributed by atoms with van der Waals surface area (Å²) in [6, 6.07) is 5.38. The highest BCUT2D eigenvalue weighted by Crippen LogP contribution is 2.32. The topological polar surface area (TPSA) is 59.3 Å². The van der Waals surface area contributed by atoms with Crippen LogP contribution in [0.4, 0.5) is 0 Å². The molecule has 4 rings (SSSR count). The summed E-state index contributed by atoms with van der Waals surface area (Å²) in [5, 5.41) is 18.2. The maximum Gasteiger partial charge on any atom is 0.117 e. The SMILES string of the molecule is Oc1cc(Cl)cc(CN[C@@H]2CCO[C@H]2c2cnn(CC3CC3)c2)c1. The number of phenolic OH excluding ortho intramolecular Hbond substituents is 1. The van der Waals surface area contributed by atoms with Crippen molar-refractivity contribution in [3.05, 3.63) is 46.7 Å². The van der Waals surface area contributed by atoms with Crippen molar-refractivity contribution in [2.45, 2.75) is 44.5 Å². The minimum Gasteiger partial charge on any atom is -0.508 e. The number of nitrogens with one attached hydrogen (secondary N) is 1. The molecular formula is C18H22ClN3O2. The first-order valence-corrected chi connectivity index (χ1v) is 8.91. The van der Waals surface area contributed by atoms with E-state index in [0.717, 1.165) is 36.6 Å². The van der Waals surface area contributed by atoms with Gasteiger partial charge in [-0.1, -0.05) is 11.6 Å². The zero-order valence-corrected chi connectivity index (χ0v) is 14.2. The molecule has 128 valence electrons. The molecule has 2 heterocycles. The number of phenols is 1. The van der Waals surface area contributed by atoms with E-state index in [1.807, 2.05) is 16.9 Å². The molecule has 2 aliphatic rings. The Labute approximate surface area is 146 Å². The smallest absolute Gasteiger partial charge is 0.117 e. The summed E-state index contributed by atoms with van der Waals surface area (Å²) in [4.78, 5) is 0. The van der Waals surface area contributed by atoms with Gasteiger partial charge in [-0.2, -0.15) is 5.10 Å². The molecular weight excluding hydrogens is 326 g/mol. The zero-order valence-electron chi connectivity index (χ0n) is 13.5. The number of aromatic nitrogens is 2. The van der Waals surface area contributed by atoms with Gasteiger partial charge in [-0.3, -0.25) is 4.68 Å². The lowest BCUT2D eigenvalue weighted by molar-refractivity contribution is 0.0984. The van der Waals surface area contributed by atoms with Crippen LogP contribution in [-0.4, -0.2) is 27.5 Å². The van der Waals surface area contributed by atoms with Gasteiger partial charge in [-0.05, 0) is 48.9 Å². The monoisotopic (exact) mass is 347 g/mol. The number of benzene rings is 1. The Bertz CT molecular complexity index is 694. The molecule has 2 atom stereocenters. The summed E-state index contributed by atoms with van der Waals surface area (Å²) in [5.74, 6) is 1.01. The first-order valence-electron chi connectivity index (χ1n) is 8.53. The number of halogens is 1. The van der Waals surface area contributed by atoms with Crippen LogP contribution in [0.25, 0.3) is 0 Å². The van der Waals surface area contributed by atoms with E-state index in [0.29, 0.717) is 11.6 Å². The molecule has 1 saturated carbocycles. The molecule has 2 N–H and O–H groups in total. The Kier molecular flexibility index (Phi) is 4.48. The van der Waals surface area contributed by atoms with Crippen LogP contribution in [0.1, 0.15) is 36.5 Å². The van der Waals surface area contributed by atoms with Gasteiger partial charge in [-0.25, -0.2) is 0 Å². The van der Waals surface area contributed by atoms with Crippen LogP contribution < -0.4 is 5.32 Å². The Morgan fingerprint density at radius 2 is 2.17 bits per heavy atom. The Balaban J connectivity index is 1.39. The molecule has 2 fully saturated rings. The predicted molar refractivity (Wildman–Crippen MR) is 92.0 cm³/mol. The third-order valence-corrected chi connectivity index (χ3v) is 4.94. The maximum absolute atomic E-state index is 9.65. The van der Waals surface area contributed by atoms with Crippen LogP contribution in [-0.2, 0) is 17.8 Å². The first-order chi connectivity index (χ1) is 11.7. The molecule has 5 nitrogen and oxygen atoms in total. The van der Waals surface area contributed by atoms with Gasteiger partial charge in [0.1, 0.15) is 11.9 Å². The third kappa shape index (κ3) is 3.74. The van der Waals surface area contributed by atoms with Crippen molar-refractivity contribution in [3.63, 3.8) is 0 Å². The van der Waals surface area contributed by atoms with Gasteiger partial charge in [-0.15, -0.1) is 0 Å². The molecule has 1 saturated heterocycles. The average Bonchev–Trinajstić information content (AvgIpc) is 3.04. The van der Waals surface area contributed by atoms with Gasteiger partial charge < -0.3 is 15.2 Å². The van der Waals surface area contributed by atoms with Crippen LogP contribution >= 0.6 is 11.6 Å². The number of hydrogen-bond donors (Lipinski definition) is 2. The lowest BCUT2D eigenvalue weighted by Gasteiger charge is -2.19. The van der Waals surface area contributed by atoms with E-state index in [1.165, 1.54) is 12.8 Å². The molecule has 1 aromatic heterocycles. The van der Waals surface area contributed by atoms with E-state index in [9.17, 15) is 5.11 Å². The van der Waals surface area contributed by atoms with Crippen molar-refractivity contribution in [1.82, 2.24) is 15.1 Å². The molecule has 0 amide bonds. The van der Waals surface area contributed by atoms with Crippen molar-refractivity contribution in [1.29, 1.82) is 0 Å². The molecule has 0 spiro atoms. The van der Waals surface area contributed by atoms with E-state index < -0.39 is 0 Å². The number of rotatable bonds is 6. The maximum atomic E-state index is 9.65. The summed E-state index contributed by atoms with van der Waals surface area (Å²) in [7, 11) is 0. The number of nitrogens with zero attached hydrogens (tertiary/aromatic N) is 2. The van der Waals surface area contributed by atoms with Gasteiger partial charge in [0, 0.05) is 42.5 Å². The molecule has 6 heteroatoms. The highest BCUT2D eigenvalue weighted by atomic mass is 35.5. The Hall–Kier alpha value is -1.56. The Morgan fingerprint density at radius 1 is 1.29 bits per heavy atom. The number of aromatic hydroxyl groups is 1. The van der Waals surface area contributed by atoms with Crippen LogP contribution in [0.15, 0.2) is 30.6 Å². The van der Waals surface area contributed by atoms with Crippen molar-refractivity contribution in [2.75, 3.05) is 6.61 Å². The van der Waals surface area contributed by atoms with Gasteiger partial charge >= 0.3 is 0 Å². The summed E-state index contributed by atoms with van der Waals surface area (Å²) in [5.41, 5.74) is 2.11. The Morgan fingerprint density at radius 3 is 2.96 bits per heavy atom. The van der Waals surface area contributed by atoms with E-state index in [-0.39, 0.29) is 17.9 Å². The number of ether oxygens (including phenoxy) is 1. The zero-order chi connectivity index (χ0) is 16.5. The molecule has 0 unspecified atom stereocenters. The second kappa shape index (κ2) is 6.75. The molecule has 1 aromatic carbocycles. The van der Waals surface area contributed by atoms with Gasteiger partial charge in [0.25, 0.3) is 0 Å². The van der Waals surface area contributed by atoms with Crippen LogP contribution in [0.2, 0.25) is 5.02 Å². The van der Waals surface area contributed by atoms with Crippen LogP contribution in [0, 0.1) is 5.92 Å². The molecule has 1 aliphatic carbocycles. The van der Waals surface area contributed by atoms with Crippen molar-refractivity contribution >= 4 is 11.6 Å². The lowest BCUT2D eigenvalue weighted by atomic mass is 10.0. The third-order valence-electron chi connectivity index (χ3n) is 4.73. The summed E-state index contributed by atoms with van der Waals surface area (Å²) in [6.45, 7) is 2.42. The van der Waals surface area contributed by atoms with Gasteiger partial charge in [0.15, 0.2) is 0 Å². The largest absolute Gasteiger partial charge is 0.508 e. The highest BCUT2D eigenvalue weighted by Gasteiger charge is 2.31. The molecule has 0 bridgehead atoms. The molecule has 24 heavy (non-hydrogen) atoms. The van der Waals surface area contributed by atoms with Crippen LogP contribution in [0.3, 0.4) is 0 Å².